The molecule has 7 heteroatoms. The molecular formula is C21H13F2N3O2. The number of alkyl carbamates (subject to hydrolysis) is 1. The van der Waals surface area contributed by atoms with Crippen LogP contribution < -0.4 is 5.32 Å². The van der Waals surface area contributed by atoms with Gasteiger partial charge < -0.3 is 10.1 Å². The number of pyridine rings is 2. The summed E-state index contributed by atoms with van der Waals surface area (Å²) in [5, 5.41) is 2.58. The van der Waals surface area contributed by atoms with Crippen molar-refractivity contribution in [3.05, 3.63) is 95.1 Å². The number of carbonyl (C=O) groups excluding carboxylic acids is 1. The Morgan fingerprint density at radius 1 is 1.04 bits per heavy atom. The average Bonchev–Trinajstić information content (AvgIpc) is 3.10. The van der Waals surface area contributed by atoms with Crippen LogP contribution >= 0.6 is 0 Å². The third kappa shape index (κ3) is 3.67. The van der Waals surface area contributed by atoms with Gasteiger partial charge in [-0.25, -0.2) is 19.2 Å². The van der Waals surface area contributed by atoms with Crippen LogP contribution in [0.4, 0.5) is 13.6 Å². The van der Waals surface area contributed by atoms with Gasteiger partial charge in [-0.3, -0.25) is 0 Å². The maximum Gasteiger partial charge on any atom is 0.408 e. The molecule has 0 bridgehead atoms. The first-order valence-electron chi connectivity index (χ1n) is 8.41. The number of ether oxygens (including phenoxy) is 1. The Labute approximate surface area is 159 Å². The van der Waals surface area contributed by atoms with Crippen LogP contribution in [0.5, 0.6) is 0 Å². The molecule has 4 rings (SSSR count). The molecule has 0 unspecified atom stereocenters. The molecule has 1 aliphatic heterocycles. The van der Waals surface area contributed by atoms with Crippen LogP contribution in [0, 0.1) is 23.6 Å². The Morgan fingerprint density at radius 2 is 1.86 bits per heavy atom. The van der Waals surface area contributed by atoms with E-state index < -0.39 is 30.0 Å². The topological polar surface area (TPSA) is 64.1 Å². The average molecular weight is 377 g/mol. The Balaban J connectivity index is 1.68. The summed E-state index contributed by atoms with van der Waals surface area (Å²) in [6.07, 6.45) is 1.42. The van der Waals surface area contributed by atoms with E-state index in [1.54, 1.807) is 18.3 Å². The van der Waals surface area contributed by atoms with E-state index in [9.17, 15) is 13.6 Å². The van der Waals surface area contributed by atoms with Crippen LogP contribution in [-0.4, -0.2) is 16.1 Å². The standard InChI is InChI=1S/C21H13F2N3O2/c22-15-7-5-14(6-8-15)19-18(26-21(27)28-19)17-11-13(12-25-20(17)23)4-9-16-3-1-2-10-24-16/h1-3,5-8,10-12,18-19H,(H,26,27)/t18-,19-/m1/s1. The number of aromatic nitrogens is 2. The summed E-state index contributed by atoms with van der Waals surface area (Å²) < 4.78 is 32.9. The molecule has 0 spiro atoms. The molecule has 0 radical (unpaired) electrons. The summed E-state index contributed by atoms with van der Waals surface area (Å²) in [6, 6.07) is 11.5. The van der Waals surface area contributed by atoms with Crippen LogP contribution in [0.1, 0.15) is 34.5 Å². The number of cyclic esters (lactones) is 1. The van der Waals surface area contributed by atoms with E-state index in [2.05, 4.69) is 27.1 Å². The van der Waals surface area contributed by atoms with Crippen molar-refractivity contribution in [2.24, 2.45) is 0 Å². The predicted octanol–water partition coefficient (Wildman–Crippen LogP) is 3.68. The van der Waals surface area contributed by atoms with Crippen LogP contribution in [0.2, 0.25) is 0 Å². The van der Waals surface area contributed by atoms with Gasteiger partial charge in [0.05, 0.1) is 0 Å². The van der Waals surface area contributed by atoms with Gasteiger partial charge in [-0.15, -0.1) is 0 Å². The molecule has 3 heterocycles. The number of nitrogens with one attached hydrogen (secondary N) is 1. The number of nitrogens with zero attached hydrogens (tertiary/aromatic N) is 2. The first-order valence-corrected chi connectivity index (χ1v) is 8.41. The van der Waals surface area contributed by atoms with Crippen LogP contribution in [0.15, 0.2) is 60.9 Å². The fourth-order valence-electron chi connectivity index (χ4n) is 2.90. The lowest BCUT2D eigenvalue weighted by molar-refractivity contribution is 0.131. The van der Waals surface area contributed by atoms with E-state index in [0.29, 0.717) is 16.8 Å². The van der Waals surface area contributed by atoms with Crippen molar-refractivity contribution in [3.63, 3.8) is 0 Å². The van der Waals surface area contributed by atoms with Gasteiger partial charge in [0.1, 0.15) is 17.6 Å². The molecule has 138 valence electrons. The van der Waals surface area contributed by atoms with Crippen molar-refractivity contribution >= 4 is 6.09 Å². The second-order valence-electron chi connectivity index (χ2n) is 6.07. The normalized spacial score (nSPS) is 18.0. The molecule has 1 aliphatic rings. The minimum Gasteiger partial charge on any atom is -0.439 e. The summed E-state index contributed by atoms with van der Waals surface area (Å²) in [6.45, 7) is 0. The number of benzene rings is 1. The lowest BCUT2D eigenvalue weighted by Crippen LogP contribution is -2.21. The molecule has 2 aromatic heterocycles. The summed E-state index contributed by atoms with van der Waals surface area (Å²) in [5.41, 5.74) is 1.69. The van der Waals surface area contributed by atoms with E-state index in [0.717, 1.165) is 0 Å². The van der Waals surface area contributed by atoms with Gasteiger partial charge in [0.2, 0.25) is 5.95 Å². The number of hydrogen-bond acceptors (Lipinski definition) is 4. The maximum absolute atomic E-state index is 14.4. The zero-order valence-corrected chi connectivity index (χ0v) is 14.4. The number of halogens is 2. The summed E-state index contributed by atoms with van der Waals surface area (Å²) in [7, 11) is 0. The van der Waals surface area contributed by atoms with E-state index >= 15 is 0 Å². The largest absolute Gasteiger partial charge is 0.439 e. The maximum atomic E-state index is 14.4. The van der Waals surface area contributed by atoms with Crippen molar-refractivity contribution in [1.82, 2.24) is 15.3 Å². The third-order valence-corrected chi connectivity index (χ3v) is 4.21. The lowest BCUT2D eigenvalue weighted by Gasteiger charge is -2.18. The molecule has 1 amide bonds. The van der Waals surface area contributed by atoms with Crippen LogP contribution in [-0.2, 0) is 4.74 Å². The first-order chi connectivity index (χ1) is 13.6. The van der Waals surface area contributed by atoms with Gasteiger partial charge in [0.25, 0.3) is 0 Å². The number of rotatable bonds is 2. The molecule has 0 aliphatic carbocycles. The highest BCUT2D eigenvalue weighted by atomic mass is 19.1. The minimum atomic E-state index is -0.818. The molecule has 1 fully saturated rings. The lowest BCUT2D eigenvalue weighted by atomic mass is 9.96. The predicted molar refractivity (Wildman–Crippen MR) is 95.9 cm³/mol. The highest BCUT2D eigenvalue weighted by Crippen LogP contribution is 2.37. The number of amides is 1. The fourth-order valence-corrected chi connectivity index (χ4v) is 2.90. The Kier molecular flexibility index (Phi) is 4.68. The molecule has 1 saturated heterocycles. The van der Waals surface area contributed by atoms with Crippen molar-refractivity contribution in [2.75, 3.05) is 0 Å². The molecule has 1 aromatic carbocycles. The Hall–Kier alpha value is -3.79. The smallest absolute Gasteiger partial charge is 0.408 e. The van der Waals surface area contributed by atoms with E-state index in [4.69, 9.17) is 4.74 Å². The zero-order valence-electron chi connectivity index (χ0n) is 14.4. The number of carbonyl (C=O) groups is 1. The van der Waals surface area contributed by atoms with E-state index in [1.807, 2.05) is 6.07 Å². The third-order valence-electron chi connectivity index (χ3n) is 4.21. The summed E-state index contributed by atoms with van der Waals surface area (Å²) in [4.78, 5) is 19.6. The zero-order chi connectivity index (χ0) is 19.5. The van der Waals surface area contributed by atoms with E-state index in [1.165, 1.54) is 36.5 Å². The monoisotopic (exact) mass is 377 g/mol. The van der Waals surface area contributed by atoms with Crippen LogP contribution in [0.25, 0.3) is 0 Å². The van der Waals surface area contributed by atoms with Gasteiger partial charge in [0.15, 0.2) is 6.10 Å². The fraction of sp³-hybridized carbons (Fsp3) is 0.0952. The molecule has 5 nitrogen and oxygen atoms in total. The second kappa shape index (κ2) is 7.45. The van der Waals surface area contributed by atoms with E-state index in [-0.39, 0.29) is 5.56 Å². The Morgan fingerprint density at radius 3 is 2.61 bits per heavy atom. The Bertz CT molecular complexity index is 1080. The molecular weight excluding hydrogens is 364 g/mol. The molecule has 3 aromatic rings. The molecule has 1 N–H and O–H groups in total. The van der Waals surface area contributed by atoms with Gasteiger partial charge in [-0.05, 0) is 41.8 Å². The highest BCUT2D eigenvalue weighted by molar-refractivity contribution is 5.71. The van der Waals surface area contributed by atoms with Crippen LogP contribution in [0.3, 0.4) is 0 Å². The molecule has 2 atom stereocenters. The van der Waals surface area contributed by atoms with Gasteiger partial charge in [-0.1, -0.05) is 24.1 Å². The summed E-state index contributed by atoms with van der Waals surface area (Å²) >= 11 is 0. The highest BCUT2D eigenvalue weighted by Gasteiger charge is 2.38. The minimum absolute atomic E-state index is 0.132. The molecule has 0 saturated carbocycles. The first kappa shape index (κ1) is 17.6. The SMILES string of the molecule is O=C1N[C@H](c2cc(C#Cc3ccccn3)cnc2F)[C@@H](c2ccc(F)cc2)O1. The second-order valence-corrected chi connectivity index (χ2v) is 6.07. The number of hydrogen-bond donors (Lipinski definition) is 1. The molecule has 28 heavy (non-hydrogen) atoms. The van der Waals surface area contributed by atoms with Gasteiger partial charge >= 0.3 is 6.09 Å². The van der Waals surface area contributed by atoms with Crippen molar-refractivity contribution < 1.29 is 18.3 Å². The van der Waals surface area contributed by atoms with Gasteiger partial charge in [0, 0.05) is 23.5 Å². The van der Waals surface area contributed by atoms with Gasteiger partial charge in [-0.2, -0.15) is 4.39 Å². The van der Waals surface area contributed by atoms with Crippen molar-refractivity contribution in [1.29, 1.82) is 0 Å². The van der Waals surface area contributed by atoms with Crippen molar-refractivity contribution in [2.45, 2.75) is 12.1 Å². The summed E-state index contributed by atoms with van der Waals surface area (Å²) in [5.74, 6) is 4.59. The quantitative estimate of drug-likeness (QED) is 0.547. The van der Waals surface area contributed by atoms with Crippen molar-refractivity contribution in [3.8, 4) is 11.8 Å².